The minimum absolute atomic E-state index is 0.0243. The number of thioether (sulfide) groups is 2. The number of benzene rings is 2. The zero-order chi connectivity index (χ0) is 26.9. The van der Waals surface area contributed by atoms with Crippen molar-refractivity contribution in [3.63, 3.8) is 0 Å². The van der Waals surface area contributed by atoms with E-state index in [1.807, 2.05) is 6.92 Å². The lowest BCUT2D eigenvalue weighted by molar-refractivity contribution is -0.123. The summed E-state index contributed by atoms with van der Waals surface area (Å²) < 4.78 is 21.4. The molecule has 0 aliphatic heterocycles. The topological polar surface area (TPSA) is 124 Å². The van der Waals surface area contributed by atoms with Crippen molar-refractivity contribution in [3.8, 4) is 11.4 Å². The van der Waals surface area contributed by atoms with Crippen molar-refractivity contribution in [1.29, 1.82) is 0 Å². The maximum absolute atomic E-state index is 13.6. The summed E-state index contributed by atoms with van der Waals surface area (Å²) in [5.74, 6) is 0.713. The number of hydrogen-bond acceptors (Lipinski definition) is 10. The van der Waals surface area contributed by atoms with Gasteiger partial charge in [-0.1, -0.05) is 53.4 Å². The van der Waals surface area contributed by atoms with Gasteiger partial charge < -0.3 is 10.1 Å². The molecular weight excluding hydrogens is 573 g/mol. The van der Waals surface area contributed by atoms with Crippen LogP contribution in [0.15, 0.2) is 58.0 Å². The first-order valence-corrected chi connectivity index (χ1v) is 14.3. The summed E-state index contributed by atoms with van der Waals surface area (Å²) >= 11 is 9.84. The largest absolute Gasteiger partial charge is 0.484 e. The van der Waals surface area contributed by atoms with Crippen molar-refractivity contribution in [2.45, 2.75) is 23.0 Å². The molecule has 0 aliphatic rings. The van der Waals surface area contributed by atoms with Gasteiger partial charge in [-0.05, 0) is 54.3 Å². The Labute approximate surface area is 234 Å². The summed E-state index contributed by atoms with van der Waals surface area (Å²) in [5.41, 5.74) is 0.575. The van der Waals surface area contributed by atoms with Gasteiger partial charge in [0.05, 0.1) is 12.3 Å². The number of hydrogen-bond donors (Lipinski definition) is 2. The Kier molecular flexibility index (Phi) is 9.92. The Morgan fingerprint density at radius 3 is 2.53 bits per heavy atom. The monoisotopic (exact) mass is 593 g/mol. The molecule has 0 bridgehead atoms. The first-order chi connectivity index (χ1) is 18.4. The van der Waals surface area contributed by atoms with Crippen molar-refractivity contribution >= 4 is 63.4 Å². The van der Waals surface area contributed by atoms with E-state index in [0.717, 1.165) is 21.9 Å². The average molecular weight is 594 g/mol. The minimum atomic E-state index is -0.401. The first-order valence-electron chi connectivity index (χ1n) is 11.2. The van der Waals surface area contributed by atoms with Crippen LogP contribution >= 0.6 is 46.5 Å². The molecule has 2 heterocycles. The van der Waals surface area contributed by atoms with Crippen LogP contribution in [0.1, 0.15) is 12.7 Å². The summed E-state index contributed by atoms with van der Waals surface area (Å²) in [4.78, 5) is 24.8. The molecule has 0 aliphatic carbocycles. The highest BCUT2D eigenvalue weighted by Gasteiger charge is 2.18. The van der Waals surface area contributed by atoms with Crippen LogP contribution in [0, 0.1) is 5.82 Å². The fraction of sp³-hybridized carbons (Fsp3) is 0.217. The van der Waals surface area contributed by atoms with E-state index in [0.29, 0.717) is 32.6 Å². The third-order valence-electron chi connectivity index (χ3n) is 4.67. The molecular formula is C23H21ClFN7O3S3. The molecule has 38 heavy (non-hydrogen) atoms. The van der Waals surface area contributed by atoms with E-state index in [1.165, 1.54) is 23.5 Å². The Morgan fingerprint density at radius 1 is 1.03 bits per heavy atom. The number of amides is 2. The molecule has 4 rings (SSSR count). The summed E-state index contributed by atoms with van der Waals surface area (Å²) in [6.45, 7) is 1.83. The van der Waals surface area contributed by atoms with Gasteiger partial charge in [-0.15, -0.1) is 20.4 Å². The minimum Gasteiger partial charge on any atom is -0.484 e. The molecule has 4 aromatic rings. The van der Waals surface area contributed by atoms with Gasteiger partial charge in [0.15, 0.2) is 21.9 Å². The smallest absolute Gasteiger partial charge is 0.258 e. The number of carbonyl (C=O) groups is 2. The SMILES string of the molecule is CCSc1nnc(NC(=O)CSc2nnc(CNC(=O)COc3ccc(Cl)cc3)n2-c2ccc(F)cc2)s1. The van der Waals surface area contributed by atoms with Crippen LogP contribution in [0.4, 0.5) is 9.52 Å². The van der Waals surface area contributed by atoms with Gasteiger partial charge in [0.25, 0.3) is 5.91 Å². The van der Waals surface area contributed by atoms with Crippen LogP contribution < -0.4 is 15.4 Å². The average Bonchev–Trinajstić information content (AvgIpc) is 3.53. The second-order valence-electron chi connectivity index (χ2n) is 7.37. The molecule has 2 N–H and O–H groups in total. The molecule has 0 radical (unpaired) electrons. The third-order valence-corrected chi connectivity index (χ3v) is 7.70. The van der Waals surface area contributed by atoms with Crippen LogP contribution in [-0.2, 0) is 16.1 Å². The molecule has 2 aromatic carbocycles. The molecule has 0 fully saturated rings. The number of anilines is 1. The van der Waals surface area contributed by atoms with Gasteiger partial charge in [0.1, 0.15) is 11.6 Å². The fourth-order valence-electron chi connectivity index (χ4n) is 2.99. The van der Waals surface area contributed by atoms with Crippen molar-refractivity contribution in [1.82, 2.24) is 30.3 Å². The highest BCUT2D eigenvalue weighted by atomic mass is 35.5. The van der Waals surface area contributed by atoms with E-state index in [1.54, 1.807) is 52.7 Å². The third kappa shape index (κ3) is 7.90. The molecule has 0 spiro atoms. The van der Waals surface area contributed by atoms with Crippen LogP contribution in [0.25, 0.3) is 5.69 Å². The van der Waals surface area contributed by atoms with Crippen LogP contribution in [0.3, 0.4) is 0 Å². The summed E-state index contributed by atoms with van der Waals surface area (Å²) in [5, 5.41) is 23.2. The lowest BCUT2D eigenvalue weighted by Crippen LogP contribution is -2.29. The van der Waals surface area contributed by atoms with Gasteiger partial charge >= 0.3 is 0 Å². The van der Waals surface area contributed by atoms with E-state index >= 15 is 0 Å². The molecule has 0 saturated carbocycles. The summed E-state index contributed by atoms with van der Waals surface area (Å²) in [6.07, 6.45) is 0. The Bertz CT molecular complexity index is 1380. The highest BCUT2D eigenvalue weighted by molar-refractivity contribution is 8.01. The van der Waals surface area contributed by atoms with Crippen LogP contribution in [0.5, 0.6) is 5.75 Å². The lowest BCUT2D eigenvalue weighted by atomic mass is 10.3. The number of halogens is 2. The molecule has 10 nitrogen and oxygen atoms in total. The standard InChI is InChI=1S/C23H21ClFN7O3S3/c1-2-36-23-31-29-21(38-23)27-20(34)13-37-22-30-28-18(32(22)16-7-5-15(25)6-8-16)11-26-19(33)12-35-17-9-3-14(24)4-10-17/h3-10H,2,11-13H2,1H3,(H,26,33)(H,27,29,34). The number of aromatic nitrogens is 5. The maximum atomic E-state index is 13.6. The van der Waals surface area contributed by atoms with Crippen LogP contribution in [-0.4, -0.2) is 54.9 Å². The number of nitrogens with zero attached hydrogens (tertiary/aromatic N) is 5. The number of carbonyl (C=O) groups excluding carboxylic acids is 2. The second-order valence-corrected chi connectivity index (χ2v) is 11.2. The Hall–Kier alpha value is -3.20. The molecule has 0 atom stereocenters. The Morgan fingerprint density at radius 2 is 1.79 bits per heavy atom. The zero-order valence-electron chi connectivity index (χ0n) is 19.9. The summed E-state index contributed by atoms with van der Waals surface area (Å²) in [7, 11) is 0. The van der Waals surface area contributed by atoms with E-state index in [4.69, 9.17) is 16.3 Å². The van der Waals surface area contributed by atoms with Gasteiger partial charge in [-0.25, -0.2) is 4.39 Å². The predicted molar refractivity (Wildman–Crippen MR) is 146 cm³/mol. The fourth-order valence-corrected chi connectivity index (χ4v) is 5.56. The van der Waals surface area contributed by atoms with Gasteiger partial charge in [-0.3, -0.25) is 19.5 Å². The number of ether oxygens (including phenoxy) is 1. The number of rotatable bonds is 12. The van der Waals surface area contributed by atoms with E-state index in [-0.39, 0.29) is 30.7 Å². The number of nitrogens with one attached hydrogen (secondary N) is 2. The van der Waals surface area contributed by atoms with Crippen molar-refractivity contribution < 1.29 is 18.7 Å². The maximum Gasteiger partial charge on any atom is 0.258 e. The van der Waals surface area contributed by atoms with Crippen molar-refractivity contribution in [3.05, 3.63) is 65.2 Å². The molecule has 2 amide bonds. The van der Waals surface area contributed by atoms with E-state index in [9.17, 15) is 14.0 Å². The predicted octanol–water partition coefficient (Wildman–Crippen LogP) is 4.45. The van der Waals surface area contributed by atoms with Gasteiger partial charge in [0.2, 0.25) is 11.0 Å². The molecule has 15 heteroatoms. The normalized spacial score (nSPS) is 10.8. The Balaban J connectivity index is 1.39. The first kappa shape index (κ1) is 27.8. The highest BCUT2D eigenvalue weighted by Crippen LogP contribution is 2.26. The molecule has 0 saturated heterocycles. The quantitative estimate of drug-likeness (QED) is 0.181. The lowest BCUT2D eigenvalue weighted by Gasteiger charge is -2.11. The van der Waals surface area contributed by atoms with Crippen molar-refractivity contribution in [2.24, 2.45) is 0 Å². The van der Waals surface area contributed by atoms with Gasteiger partial charge in [0, 0.05) is 10.7 Å². The molecule has 2 aromatic heterocycles. The van der Waals surface area contributed by atoms with Gasteiger partial charge in [-0.2, -0.15) is 0 Å². The van der Waals surface area contributed by atoms with Crippen LogP contribution in [0.2, 0.25) is 5.02 Å². The van der Waals surface area contributed by atoms with E-state index in [2.05, 4.69) is 31.0 Å². The second kappa shape index (κ2) is 13.6. The molecule has 0 unspecified atom stereocenters. The molecule has 198 valence electrons. The van der Waals surface area contributed by atoms with Crippen molar-refractivity contribution in [2.75, 3.05) is 23.4 Å². The summed E-state index contributed by atoms with van der Waals surface area (Å²) in [6, 6.07) is 12.4. The zero-order valence-corrected chi connectivity index (χ0v) is 23.1. The van der Waals surface area contributed by atoms with E-state index < -0.39 is 5.82 Å².